The van der Waals surface area contributed by atoms with E-state index in [0.29, 0.717) is 31.1 Å². The Labute approximate surface area is 186 Å². The maximum absolute atomic E-state index is 13.6. The minimum atomic E-state index is -3.41. The van der Waals surface area contributed by atoms with Crippen molar-refractivity contribution in [3.63, 3.8) is 0 Å². The Morgan fingerprint density at radius 1 is 1.06 bits per heavy atom. The summed E-state index contributed by atoms with van der Waals surface area (Å²) in [6.45, 7) is 1.38. The highest BCUT2D eigenvalue weighted by molar-refractivity contribution is 7.90. The van der Waals surface area contributed by atoms with Crippen molar-refractivity contribution in [2.75, 3.05) is 24.2 Å². The van der Waals surface area contributed by atoms with Crippen LogP contribution in [0.4, 0.5) is 10.5 Å². The van der Waals surface area contributed by atoms with Crippen LogP contribution in [0.1, 0.15) is 5.69 Å². The van der Waals surface area contributed by atoms with Crippen LogP contribution in [0.5, 0.6) is 0 Å². The Morgan fingerprint density at radius 3 is 2.75 bits per heavy atom. The summed E-state index contributed by atoms with van der Waals surface area (Å²) in [4.78, 5) is 21.7. The monoisotopic (exact) mass is 446 g/mol. The molecule has 0 fully saturated rings. The minimum Gasteiger partial charge on any atom is -0.367 e. The van der Waals surface area contributed by atoms with Gasteiger partial charge in [0.15, 0.2) is 9.84 Å². The first-order chi connectivity index (χ1) is 15.4. The highest BCUT2D eigenvalue weighted by Crippen LogP contribution is 2.30. The number of nitrogens with zero attached hydrogens (tertiary/aromatic N) is 3. The van der Waals surface area contributed by atoms with E-state index in [9.17, 15) is 13.2 Å². The number of anilines is 1. The lowest BCUT2D eigenvalue weighted by Crippen LogP contribution is -2.52. The molecule has 0 aliphatic carbocycles. The largest absolute Gasteiger partial charge is 0.367 e. The molecule has 0 saturated heterocycles. The van der Waals surface area contributed by atoms with Crippen LogP contribution in [0.2, 0.25) is 0 Å². The van der Waals surface area contributed by atoms with Crippen molar-refractivity contribution >= 4 is 32.5 Å². The molecule has 1 aromatic heterocycles. The Balaban J connectivity index is 1.53. The molecule has 5 rings (SSSR count). The second kappa shape index (κ2) is 7.80. The third-order valence-electron chi connectivity index (χ3n) is 5.57. The van der Waals surface area contributed by atoms with Crippen LogP contribution in [0.3, 0.4) is 0 Å². The molecule has 0 atom stereocenters. The van der Waals surface area contributed by atoms with E-state index in [0.717, 1.165) is 28.4 Å². The molecule has 3 heterocycles. The summed E-state index contributed by atoms with van der Waals surface area (Å²) < 4.78 is 24.2. The summed E-state index contributed by atoms with van der Waals surface area (Å²) in [6, 6.07) is 18.0. The number of urea groups is 1. The summed E-state index contributed by atoms with van der Waals surface area (Å²) in [6.07, 6.45) is 5.17. The number of nitrogens with one attached hydrogen (secondary N) is 1. The van der Waals surface area contributed by atoms with Crippen molar-refractivity contribution < 1.29 is 13.2 Å². The average Bonchev–Trinajstić information content (AvgIpc) is 2.79. The van der Waals surface area contributed by atoms with Gasteiger partial charge in [0.25, 0.3) is 0 Å². The number of pyridine rings is 1. The summed E-state index contributed by atoms with van der Waals surface area (Å²) in [5.74, 6) is 0.686. The molecular formula is C24H22N4O3S. The first-order valence-corrected chi connectivity index (χ1v) is 12.2. The molecule has 0 bridgehead atoms. The number of sulfone groups is 1. The number of amides is 2. The summed E-state index contributed by atoms with van der Waals surface area (Å²) in [5.41, 5.74) is 3.13. The fourth-order valence-corrected chi connectivity index (χ4v) is 4.68. The zero-order chi connectivity index (χ0) is 22.3. The van der Waals surface area contributed by atoms with Gasteiger partial charge in [-0.2, -0.15) is 0 Å². The highest BCUT2D eigenvalue weighted by Gasteiger charge is 2.34. The predicted molar refractivity (Wildman–Crippen MR) is 124 cm³/mol. The third-order valence-corrected chi connectivity index (χ3v) is 6.68. The third kappa shape index (κ3) is 3.73. The number of carbonyl (C=O) groups excluding carboxylic acids is 1. The average molecular weight is 447 g/mol. The molecule has 0 radical (unpaired) electrons. The van der Waals surface area contributed by atoms with Crippen LogP contribution in [0.25, 0.3) is 10.9 Å². The molecule has 0 saturated carbocycles. The van der Waals surface area contributed by atoms with Crippen molar-refractivity contribution in [1.82, 2.24) is 15.2 Å². The van der Waals surface area contributed by atoms with Crippen LogP contribution in [-0.2, 0) is 16.4 Å². The lowest BCUT2D eigenvalue weighted by Gasteiger charge is -2.39. The fraction of sp³-hybridized carbons (Fsp3) is 0.167. The summed E-state index contributed by atoms with van der Waals surface area (Å²) in [7, 11) is -3.41. The lowest BCUT2D eigenvalue weighted by atomic mass is 10.1. The molecule has 2 aliphatic heterocycles. The number of fused-ring (bicyclic) bond motifs is 1. The van der Waals surface area contributed by atoms with Gasteiger partial charge < -0.3 is 10.2 Å². The maximum atomic E-state index is 13.6. The molecule has 1 N–H and O–H groups in total. The topological polar surface area (TPSA) is 82.6 Å². The molecule has 162 valence electrons. The lowest BCUT2D eigenvalue weighted by molar-refractivity contribution is 0.203. The number of rotatable bonds is 4. The number of para-hydroxylation sites is 1. The van der Waals surface area contributed by atoms with Crippen molar-refractivity contribution in [3.05, 3.63) is 89.9 Å². The van der Waals surface area contributed by atoms with E-state index >= 15 is 0 Å². The molecule has 0 spiro atoms. The highest BCUT2D eigenvalue weighted by atomic mass is 32.2. The number of aromatic nitrogens is 1. The summed E-state index contributed by atoms with van der Waals surface area (Å²) in [5, 5.41) is 4.32. The minimum absolute atomic E-state index is 0.171. The molecule has 7 nitrogen and oxygen atoms in total. The smallest absolute Gasteiger partial charge is 0.330 e. The van der Waals surface area contributed by atoms with Crippen molar-refractivity contribution in [1.29, 1.82) is 0 Å². The Kier molecular flexibility index (Phi) is 4.94. The first kappa shape index (κ1) is 20.3. The van der Waals surface area contributed by atoms with Gasteiger partial charge in [-0.25, -0.2) is 18.1 Å². The molecular weight excluding hydrogens is 424 g/mol. The van der Waals surface area contributed by atoms with Crippen LogP contribution < -0.4 is 10.2 Å². The standard InChI is InChI=1S/C24H22N4O3S/c1-32(30,31)21-9-4-8-20(14-21)28-23-18(7-5-13-25-23)15-27(24(28)29)16-19-12-11-17-6-2-3-10-22(17)26-19/h2-12,14,25H,13,15-16H2,1H3. The Morgan fingerprint density at radius 2 is 1.91 bits per heavy atom. The van der Waals surface area contributed by atoms with Gasteiger partial charge in [-0.05, 0) is 30.3 Å². The van der Waals surface area contributed by atoms with Gasteiger partial charge in [0.1, 0.15) is 5.82 Å². The number of hydrogen-bond acceptors (Lipinski definition) is 5. The van der Waals surface area contributed by atoms with E-state index < -0.39 is 9.84 Å². The Bertz CT molecular complexity index is 1400. The molecule has 2 aliphatic rings. The van der Waals surface area contributed by atoms with Crippen molar-refractivity contribution in [3.8, 4) is 0 Å². The van der Waals surface area contributed by atoms with Gasteiger partial charge in [-0.15, -0.1) is 0 Å². The van der Waals surface area contributed by atoms with Gasteiger partial charge in [0.2, 0.25) is 0 Å². The normalized spacial score (nSPS) is 16.3. The second-order valence-corrected chi connectivity index (χ2v) is 9.91. The fourth-order valence-electron chi connectivity index (χ4n) is 4.02. The zero-order valence-corrected chi connectivity index (χ0v) is 18.3. The van der Waals surface area contributed by atoms with E-state index in [-0.39, 0.29) is 10.9 Å². The maximum Gasteiger partial charge on any atom is 0.330 e. The molecule has 0 unspecified atom stereocenters. The van der Waals surface area contributed by atoms with Gasteiger partial charge in [-0.3, -0.25) is 4.98 Å². The number of benzene rings is 2. The molecule has 8 heteroatoms. The SMILES string of the molecule is CS(=O)(=O)c1cccc(N2C(=O)N(Cc3ccc4ccccc4n3)CC3=C2NCC=C3)c1. The Hall–Kier alpha value is -3.65. The van der Waals surface area contributed by atoms with Crippen molar-refractivity contribution in [2.24, 2.45) is 0 Å². The van der Waals surface area contributed by atoms with E-state index in [2.05, 4.69) is 5.32 Å². The molecule has 3 aromatic rings. The predicted octanol–water partition coefficient (Wildman–Crippen LogP) is 3.45. The van der Waals surface area contributed by atoms with Gasteiger partial charge in [0.05, 0.1) is 34.9 Å². The van der Waals surface area contributed by atoms with Crippen molar-refractivity contribution in [2.45, 2.75) is 11.4 Å². The van der Waals surface area contributed by atoms with Gasteiger partial charge in [0, 0.05) is 23.8 Å². The summed E-state index contributed by atoms with van der Waals surface area (Å²) >= 11 is 0. The van der Waals surface area contributed by atoms with Crippen LogP contribution in [-0.4, -0.2) is 43.7 Å². The van der Waals surface area contributed by atoms with E-state index in [1.807, 2.05) is 48.6 Å². The molecule has 2 aromatic carbocycles. The molecule has 32 heavy (non-hydrogen) atoms. The van der Waals surface area contributed by atoms with E-state index in [1.54, 1.807) is 21.9 Å². The van der Waals surface area contributed by atoms with Crippen LogP contribution in [0.15, 0.2) is 89.1 Å². The zero-order valence-electron chi connectivity index (χ0n) is 17.5. The second-order valence-electron chi connectivity index (χ2n) is 7.90. The van der Waals surface area contributed by atoms with E-state index in [4.69, 9.17) is 4.98 Å². The molecule has 2 amide bonds. The van der Waals surface area contributed by atoms with Gasteiger partial charge >= 0.3 is 6.03 Å². The van der Waals surface area contributed by atoms with Crippen LogP contribution >= 0.6 is 0 Å². The van der Waals surface area contributed by atoms with Crippen LogP contribution in [0, 0.1) is 0 Å². The first-order valence-electron chi connectivity index (χ1n) is 10.3. The number of hydrogen-bond donors (Lipinski definition) is 1. The van der Waals surface area contributed by atoms with Gasteiger partial charge in [-0.1, -0.05) is 42.5 Å². The number of dihydropyridines is 1. The quantitative estimate of drug-likeness (QED) is 0.664. The van der Waals surface area contributed by atoms with E-state index in [1.165, 1.54) is 12.1 Å². The number of carbonyl (C=O) groups is 1.